The Morgan fingerprint density at radius 1 is 0.339 bits per heavy atom. The number of para-hydroxylation sites is 3. The van der Waals surface area contributed by atoms with Crippen LogP contribution in [0.4, 0.5) is 17.1 Å². The number of hydrogen-bond acceptors (Lipinski definition) is 1. The molecule has 0 saturated heterocycles. The van der Waals surface area contributed by atoms with Crippen molar-refractivity contribution in [3.05, 3.63) is 230 Å². The molecule has 0 aliphatic heterocycles. The molecule has 0 spiro atoms. The molecule has 0 atom stereocenters. The summed E-state index contributed by atoms with van der Waals surface area (Å²) in [6, 6.07) is 51.6. The van der Waals surface area contributed by atoms with E-state index in [9.17, 15) is 0 Å². The predicted octanol–water partition coefficient (Wildman–Crippen LogP) is 14.9. The first-order chi connectivity index (χ1) is 31.9. The highest BCUT2D eigenvalue weighted by molar-refractivity contribution is 6.10. The van der Waals surface area contributed by atoms with Crippen LogP contribution >= 0.6 is 0 Å². The molecule has 2 heteroatoms. The van der Waals surface area contributed by atoms with Gasteiger partial charge in [-0.25, -0.2) is 0 Å². The van der Waals surface area contributed by atoms with Gasteiger partial charge in [-0.05, 0) is 111 Å². The van der Waals surface area contributed by atoms with E-state index < -0.39 is 60.4 Å². The average molecular weight is 725 g/mol. The van der Waals surface area contributed by atoms with Crippen LogP contribution in [-0.2, 0) is 0 Å². The third-order valence-corrected chi connectivity index (χ3v) is 10.1. The van der Waals surface area contributed by atoms with Crippen LogP contribution in [0.25, 0.3) is 72.0 Å². The van der Waals surface area contributed by atoms with E-state index in [2.05, 4.69) is 83.8 Å². The highest BCUT2D eigenvalue weighted by Crippen LogP contribution is 2.41. The van der Waals surface area contributed by atoms with Gasteiger partial charge < -0.3 is 9.47 Å². The van der Waals surface area contributed by atoms with E-state index in [1.165, 1.54) is 6.07 Å². The van der Waals surface area contributed by atoms with Crippen molar-refractivity contribution in [3.8, 4) is 50.2 Å². The molecule has 0 bridgehead atoms. The highest BCUT2D eigenvalue weighted by atomic mass is 15.1. The lowest BCUT2D eigenvalue weighted by Gasteiger charge is -2.25. The Morgan fingerprint density at radius 3 is 1.43 bits per heavy atom. The summed E-state index contributed by atoms with van der Waals surface area (Å²) in [5, 5.41) is 1.86. The first-order valence-electron chi connectivity index (χ1n) is 23.4. The molecular weight excluding hydrogens is 677 g/mol. The Kier molecular flexibility index (Phi) is 6.21. The zero-order valence-electron chi connectivity index (χ0n) is 40.1. The molecule has 0 aliphatic rings. The van der Waals surface area contributed by atoms with E-state index in [0.29, 0.717) is 5.69 Å². The maximum atomic E-state index is 8.92. The normalized spacial score (nSPS) is 13.7. The smallest absolute Gasteiger partial charge is 0.0629 e. The Balaban J connectivity index is 1.17. The van der Waals surface area contributed by atoms with E-state index in [0.717, 1.165) is 61.1 Å². The van der Waals surface area contributed by atoms with Gasteiger partial charge >= 0.3 is 0 Å². The van der Waals surface area contributed by atoms with Gasteiger partial charge in [-0.1, -0.05) is 164 Å². The van der Waals surface area contributed by atoms with E-state index in [1.807, 2.05) is 77.4 Å². The lowest BCUT2D eigenvalue weighted by molar-refractivity contribution is 1.18. The van der Waals surface area contributed by atoms with Crippen molar-refractivity contribution in [3.63, 3.8) is 0 Å². The molecule has 0 amide bonds. The highest BCUT2D eigenvalue weighted by Gasteiger charge is 2.17. The van der Waals surface area contributed by atoms with E-state index in [-0.39, 0.29) is 22.3 Å². The van der Waals surface area contributed by atoms with Crippen LogP contribution in [0, 0.1) is 0 Å². The van der Waals surface area contributed by atoms with Crippen molar-refractivity contribution in [2.75, 3.05) is 4.90 Å². The van der Waals surface area contributed by atoms with Gasteiger partial charge in [0.05, 0.1) is 24.7 Å². The maximum Gasteiger partial charge on any atom is 0.0629 e. The molecule has 1 heterocycles. The summed E-state index contributed by atoms with van der Waals surface area (Å²) in [6.45, 7) is 0. The van der Waals surface area contributed by atoms with Crippen LogP contribution in [0.1, 0.15) is 13.7 Å². The standard InChI is InChI=1S/C54H38N2/c1-5-17-39(18-6-1)43-35-44(40-19-7-2-8-20-40)37-48(36-43)56-53-28-16-15-27-51(53)52-34-31-42(38-54(52)56)50-26-14-13-25-49(50)41-29-32-47(33-30-41)55(45-21-9-3-10-22-45)46-23-11-4-12-24-46/h1-38H/i1D,2D,5D,6D,7D,8D,17D,18D,19D,20D. The fourth-order valence-corrected chi connectivity index (χ4v) is 7.61. The summed E-state index contributed by atoms with van der Waals surface area (Å²) >= 11 is 0. The van der Waals surface area contributed by atoms with E-state index in [4.69, 9.17) is 13.7 Å². The Bertz CT molecular complexity index is 3350. The van der Waals surface area contributed by atoms with Crippen molar-refractivity contribution >= 4 is 38.9 Å². The Hall–Kier alpha value is -7.42. The van der Waals surface area contributed by atoms with E-state index >= 15 is 0 Å². The SMILES string of the molecule is [2H]c1c([2H])c([2H])c(-c2cc(-c3c([2H])c([2H])c([2H])c([2H])c3[2H])cc(-n3c4ccccc4c4ccc(-c5ccccc5-c5ccc(N(c6ccccc6)c6ccccc6)cc5)cc43)c2)c([2H])c1[2H]. The molecule has 0 aliphatic carbocycles. The number of anilines is 3. The molecule has 0 saturated carbocycles. The van der Waals surface area contributed by atoms with Crippen LogP contribution in [-0.4, -0.2) is 4.57 Å². The van der Waals surface area contributed by atoms with E-state index in [1.54, 1.807) is 12.1 Å². The largest absolute Gasteiger partial charge is 0.311 e. The molecular formula is C54H38N2. The van der Waals surface area contributed by atoms with Gasteiger partial charge in [-0.3, -0.25) is 0 Å². The van der Waals surface area contributed by atoms with Crippen molar-refractivity contribution in [1.82, 2.24) is 4.57 Å². The number of fused-ring (bicyclic) bond motifs is 3. The Morgan fingerprint density at radius 2 is 0.821 bits per heavy atom. The fraction of sp³-hybridized carbons (Fsp3) is 0. The molecule has 1 aromatic heterocycles. The molecule has 56 heavy (non-hydrogen) atoms. The van der Waals surface area contributed by atoms with Gasteiger partial charge in [0.2, 0.25) is 0 Å². The minimum absolute atomic E-state index is 0.0754. The first-order valence-corrected chi connectivity index (χ1v) is 18.4. The molecule has 10 rings (SSSR count). The minimum Gasteiger partial charge on any atom is -0.311 e. The third kappa shape index (κ3) is 6.14. The summed E-state index contributed by atoms with van der Waals surface area (Å²) in [6.07, 6.45) is 0. The number of rotatable bonds is 8. The van der Waals surface area contributed by atoms with Crippen molar-refractivity contribution in [2.45, 2.75) is 0 Å². The molecule has 9 aromatic carbocycles. The molecule has 264 valence electrons. The summed E-state index contributed by atoms with van der Waals surface area (Å²) in [4.78, 5) is 2.22. The van der Waals surface area contributed by atoms with Gasteiger partial charge in [-0.15, -0.1) is 0 Å². The molecule has 0 unspecified atom stereocenters. The second-order valence-electron chi connectivity index (χ2n) is 13.5. The van der Waals surface area contributed by atoms with Crippen molar-refractivity contribution in [1.29, 1.82) is 0 Å². The van der Waals surface area contributed by atoms with Crippen LogP contribution in [0.3, 0.4) is 0 Å². The summed E-state index contributed by atoms with van der Waals surface area (Å²) < 4.78 is 88.3. The zero-order valence-corrected chi connectivity index (χ0v) is 30.1. The molecule has 0 fully saturated rings. The fourth-order valence-electron chi connectivity index (χ4n) is 7.61. The maximum absolute atomic E-state index is 8.92. The topological polar surface area (TPSA) is 8.17 Å². The molecule has 0 N–H and O–H groups in total. The monoisotopic (exact) mass is 724 g/mol. The predicted molar refractivity (Wildman–Crippen MR) is 237 cm³/mol. The molecule has 10 aromatic rings. The van der Waals surface area contributed by atoms with Crippen LogP contribution < -0.4 is 4.90 Å². The van der Waals surface area contributed by atoms with Gasteiger partial charge in [0.1, 0.15) is 0 Å². The van der Waals surface area contributed by atoms with Gasteiger partial charge in [0.25, 0.3) is 0 Å². The summed E-state index contributed by atoms with van der Waals surface area (Å²) in [7, 11) is 0. The van der Waals surface area contributed by atoms with Gasteiger partial charge in [-0.2, -0.15) is 0 Å². The Labute approximate surface area is 341 Å². The molecule has 2 nitrogen and oxygen atoms in total. The number of hydrogen-bond donors (Lipinski definition) is 0. The van der Waals surface area contributed by atoms with Gasteiger partial charge in [0, 0.05) is 33.5 Å². The number of nitrogens with zero attached hydrogens (tertiary/aromatic N) is 2. The summed E-state index contributed by atoms with van der Waals surface area (Å²) in [5.41, 5.74) is 9.43. The second kappa shape index (κ2) is 14.4. The summed E-state index contributed by atoms with van der Waals surface area (Å²) in [5.74, 6) is 0. The molecule has 0 radical (unpaired) electrons. The van der Waals surface area contributed by atoms with Crippen LogP contribution in [0.5, 0.6) is 0 Å². The lowest BCUT2D eigenvalue weighted by Crippen LogP contribution is -2.09. The average Bonchev–Trinajstić information content (AvgIpc) is 3.68. The second-order valence-corrected chi connectivity index (χ2v) is 13.5. The quantitative estimate of drug-likeness (QED) is 0.151. The lowest BCUT2D eigenvalue weighted by atomic mass is 9.93. The van der Waals surface area contributed by atoms with Crippen molar-refractivity contribution < 1.29 is 13.7 Å². The first kappa shape index (κ1) is 24.1. The minimum atomic E-state index is -0.539. The van der Waals surface area contributed by atoms with Crippen LogP contribution in [0.2, 0.25) is 0 Å². The number of benzene rings is 9. The third-order valence-electron chi connectivity index (χ3n) is 10.1. The van der Waals surface area contributed by atoms with Gasteiger partial charge in [0.15, 0.2) is 0 Å². The van der Waals surface area contributed by atoms with Crippen LogP contribution in [0.15, 0.2) is 230 Å². The van der Waals surface area contributed by atoms with Crippen molar-refractivity contribution in [2.24, 2.45) is 0 Å². The zero-order chi connectivity index (χ0) is 46.0. The number of aromatic nitrogens is 1.